The first-order chi connectivity index (χ1) is 16.9. The van der Waals surface area contributed by atoms with Gasteiger partial charge in [-0.15, -0.1) is 0 Å². The van der Waals surface area contributed by atoms with Crippen molar-refractivity contribution in [3.05, 3.63) is 78.2 Å². The van der Waals surface area contributed by atoms with Crippen LogP contribution in [0.4, 0.5) is 18.0 Å². The minimum Gasteiger partial charge on any atom is -0.439 e. The first kappa shape index (κ1) is 24.5. The molecule has 3 aromatic rings. The van der Waals surface area contributed by atoms with Gasteiger partial charge in [0.05, 0.1) is 5.56 Å². The van der Waals surface area contributed by atoms with Crippen molar-refractivity contribution in [1.82, 2.24) is 19.8 Å². The summed E-state index contributed by atoms with van der Waals surface area (Å²) in [5, 5.41) is 0. The SMILES string of the molecule is O=C(Oc1ccc(Oc2ccc(C(F)(F)F)cn2)cc1)N1CCN(CCCc2cccnc2)CC1. The molecule has 184 valence electrons. The number of ether oxygens (including phenoxy) is 2. The second-order valence-corrected chi connectivity index (χ2v) is 8.12. The van der Waals surface area contributed by atoms with Crippen LogP contribution in [0.15, 0.2) is 67.1 Å². The van der Waals surface area contributed by atoms with Gasteiger partial charge in [-0.3, -0.25) is 9.88 Å². The summed E-state index contributed by atoms with van der Waals surface area (Å²) in [5.74, 6) is 0.736. The third-order valence-electron chi connectivity index (χ3n) is 5.61. The van der Waals surface area contributed by atoms with Gasteiger partial charge in [-0.05, 0) is 61.3 Å². The molecule has 0 saturated carbocycles. The van der Waals surface area contributed by atoms with Crippen LogP contribution >= 0.6 is 0 Å². The monoisotopic (exact) mass is 486 g/mol. The lowest BCUT2D eigenvalue weighted by molar-refractivity contribution is -0.137. The van der Waals surface area contributed by atoms with E-state index in [0.717, 1.165) is 44.6 Å². The Balaban J connectivity index is 1.19. The molecule has 0 bridgehead atoms. The summed E-state index contributed by atoms with van der Waals surface area (Å²) in [6, 6.07) is 12.3. The average molecular weight is 486 g/mol. The van der Waals surface area contributed by atoms with E-state index < -0.39 is 17.8 Å². The lowest BCUT2D eigenvalue weighted by atomic mass is 10.1. The number of rotatable bonds is 7. The van der Waals surface area contributed by atoms with E-state index in [1.54, 1.807) is 35.4 Å². The Kier molecular flexibility index (Phi) is 7.81. The maximum absolute atomic E-state index is 12.6. The maximum Gasteiger partial charge on any atom is 0.417 e. The molecule has 1 aromatic carbocycles. The second-order valence-electron chi connectivity index (χ2n) is 8.12. The minimum atomic E-state index is -4.45. The summed E-state index contributed by atoms with van der Waals surface area (Å²) in [7, 11) is 0. The van der Waals surface area contributed by atoms with Gasteiger partial charge in [0.2, 0.25) is 5.88 Å². The van der Waals surface area contributed by atoms with Crippen molar-refractivity contribution in [3.63, 3.8) is 0 Å². The summed E-state index contributed by atoms with van der Waals surface area (Å²) < 4.78 is 48.8. The van der Waals surface area contributed by atoms with E-state index in [2.05, 4.69) is 20.9 Å². The molecule has 7 nitrogen and oxygen atoms in total. The van der Waals surface area contributed by atoms with Gasteiger partial charge in [-0.25, -0.2) is 9.78 Å². The zero-order valence-corrected chi connectivity index (χ0v) is 18.9. The molecule has 35 heavy (non-hydrogen) atoms. The summed E-state index contributed by atoms with van der Waals surface area (Å²) in [6.07, 6.45) is 1.51. The Hall–Kier alpha value is -3.66. The number of carbonyl (C=O) groups is 1. The third kappa shape index (κ3) is 7.16. The first-order valence-corrected chi connectivity index (χ1v) is 11.3. The van der Waals surface area contributed by atoms with Gasteiger partial charge >= 0.3 is 12.3 Å². The van der Waals surface area contributed by atoms with Crippen molar-refractivity contribution in [2.75, 3.05) is 32.7 Å². The molecule has 1 saturated heterocycles. The lowest BCUT2D eigenvalue weighted by Crippen LogP contribution is -2.49. The number of halogens is 3. The van der Waals surface area contributed by atoms with Crippen LogP contribution in [-0.4, -0.2) is 58.6 Å². The molecule has 0 spiro atoms. The molecule has 3 heterocycles. The van der Waals surface area contributed by atoms with E-state index in [4.69, 9.17) is 9.47 Å². The highest BCUT2D eigenvalue weighted by Gasteiger charge is 2.30. The van der Waals surface area contributed by atoms with Gasteiger partial charge in [0.15, 0.2) is 0 Å². The molecule has 1 aliphatic heterocycles. The fourth-order valence-corrected chi connectivity index (χ4v) is 3.68. The summed E-state index contributed by atoms with van der Waals surface area (Å²) >= 11 is 0. The van der Waals surface area contributed by atoms with Gasteiger partial charge in [-0.2, -0.15) is 13.2 Å². The molecule has 0 N–H and O–H groups in total. The van der Waals surface area contributed by atoms with E-state index >= 15 is 0 Å². The Labute approximate surface area is 201 Å². The van der Waals surface area contributed by atoms with Crippen molar-refractivity contribution < 1.29 is 27.4 Å². The average Bonchev–Trinajstić information content (AvgIpc) is 2.86. The number of aryl methyl sites for hydroxylation is 1. The van der Waals surface area contributed by atoms with Gasteiger partial charge < -0.3 is 14.4 Å². The molecule has 0 radical (unpaired) electrons. The number of hydrogen-bond donors (Lipinski definition) is 0. The summed E-state index contributed by atoms with van der Waals surface area (Å²) in [5.41, 5.74) is 0.374. The Morgan fingerprint density at radius 3 is 2.31 bits per heavy atom. The first-order valence-electron chi connectivity index (χ1n) is 11.3. The predicted octanol–water partition coefficient (Wildman–Crippen LogP) is 5.04. The fourth-order valence-electron chi connectivity index (χ4n) is 3.68. The van der Waals surface area contributed by atoms with Gasteiger partial charge in [0.1, 0.15) is 11.5 Å². The minimum absolute atomic E-state index is 0.0288. The molecule has 0 aliphatic carbocycles. The topological polar surface area (TPSA) is 67.8 Å². The third-order valence-corrected chi connectivity index (χ3v) is 5.61. The molecule has 0 atom stereocenters. The number of carbonyl (C=O) groups excluding carboxylic acids is 1. The quantitative estimate of drug-likeness (QED) is 0.466. The molecular weight excluding hydrogens is 461 g/mol. The summed E-state index contributed by atoms with van der Waals surface area (Å²) in [4.78, 5) is 24.3. The van der Waals surface area contributed by atoms with Gasteiger partial charge in [0.25, 0.3) is 0 Å². The molecule has 1 amide bonds. The molecular formula is C25H25F3N4O3. The van der Waals surface area contributed by atoms with Crippen LogP contribution in [0.2, 0.25) is 0 Å². The van der Waals surface area contributed by atoms with Gasteiger partial charge in [-0.1, -0.05) is 6.07 Å². The largest absolute Gasteiger partial charge is 0.439 e. The highest BCUT2D eigenvalue weighted by Crippen LogP contribution is 2.30. The number of alkyl halides is 3. The molecule has 1 aliphatic rings. The van der Waals surface area contributed by atoms with Crippen LogP contribution < -0.4 is 9.47 Å². The molecule has 0 unspecified atom stereocenters. The highest BCUT2D eigenvalue weighted by molar-refractivity contribution is 5.70. The van der Waals surface area contributed by atoms with Crippen molar-refractivity contribution in [2.24, 2.45) is 0 Å². The molecule has 2 aromatic heterocycles. The zero-order valence-electron chi connectivity index (χ0n) is 18.9. The van der Waals surface area contributed by atoms with Crippen LogP contribution in [0, 0.1) is 0 Å². The standard InChI is InChI=1S/C25H25F3N4O3/c26-25(27,28)20-5-10-23(30-18-20)34-21-6-8-22(9-7-21)35-24(33)32-15-13-31(14-16-32)12-2-4-19-3-1-11-29-17-19/h1,3,5-11,17-18H,2,4,12-16H2. The Morgan fingerprint density at radius 1 is 0.943 bits per heavy atom. The smallest absolute Gasteiger partial charge is 0.417 e. The maximum atomic E-state index is 12.6. The normalized spacial score (nSPS) is 14.5. The van der Waals surface area contributed by atoms with Crippen LogP contribution in [0.5, 0.6) is 17.4 Å². The van der Waals surface area contributed by atoms with Crippen LogP contribution in [0.1, 0.15) is 17.5 Å². The van der Waals surface area contributed by atoms with Crippen molar-refractivity contribution in [3.8, 4) is 17.4 Å². The van der Waals surface area contributed by atoms with E-state index in [9.17, 15) is 18.0 Å². The van der Waals surface area contributed by atoms with Crippen molar-refractivity contribution >= 4 is 6.09 Å². The second kappa shape index (κ2) is 11.2. The lowest BCUT2D eigenvalue weighted by Gasteiger charge is -2.34. The summed E-state index contributed by atoms with van der Waals surface area (Å²) in [6.45, 7) is 3.72. The number of nitrogens with zero attached hydrogens (tertiary/aromatic N) is 4. The van der Waals surface area contributed by atoms with Crippen LogP contribution in [0.25, 0.3) is 0 Å². The highest BCUT2D eigenvalue weighted by atomic mass is 19.4. The van der Waals surface area contributed by atoms with E-state index in [1.807, 2.05) is 12.3 Å². The predicted molar refractivity (Wildman–Crippen MR) is 122 cm³/mol. The van der Waals surface area contributed by atoms with E-state index in [1.165, 1.54) is 5.56 Å². The Bertz CT molecular complexity index is 1090. The number of amides is 1. The number of hydrogen-bond acceptors (Lipinski definition) is 6. The van der Waals surface area contributed by atoms with Crippen molar-refractivity contribution in [1.29, 1.82) is 0 Å². The van der Waals surface area contributed by atoms with Gasteiger partial charge in [0, 0.05) is 50.8 Å². The molecule has 1 fully saturated rings. The van der Waals surface area contributed by atoms with Crippen LogP contribution in [0.3, 0.4) is 0 Å². The van der Waals surface area contributed by atoms with Crippen molar-refractivity contribution in [2.45, 2.75) is 19.0 Å². The molecule has 10 heteroatoms. The number of aromatic nitrogens is 2. The number of pyridine rings is 2. The van der Waals surface area contributed by atoms with E-state index in [-0.39, 0.29) is 5.88 Å². The molecule has 4 rings (SSSR count). The fraction of sp³-hybridized carbons (Fsp3) is 0.320. The number of benzene rings is 1. The van der Waals surface area contributed by atoms with Crippen LogP contribution in [-0.2, 0) is 12.6 Å². The zero-order chi connectivity index (χ0) is 24.7. The number of piperazine rings is 1. The van der Waals surface area contributed by atoms with E-state index in [0.29, 0.717) is 30.8 Å². The Morgan fingerprint density at radius 2 is 1.69 bits per heavy atom.